The number of hydrogen-bond donors (Lipinski definition) is 0. The fourth-order valence-corrected chi connectivity index (χ4v) is 2.50. The van der Waals surface area contributed by atoms with Gasteiger partial charge in [0.15, 0.2) is 12.0 Å². The molecule has 1 aromatic carbocycles. The van der Waals surface area contributed by atoms with Crippen LogP contribution in [0.2, 0.25) is 0 Å². The van der Waals surface area contributed by atoms with E-state index in [1.165, 1.54) is 5.69 Å². The molecule has 0 N–H and O–H groups in total. The maximum absolute atomic E-state index is 10.7. The first-order valence-corrected chi connectivity index (χ1v) is 6.76. The molecule has 1 aromatic heterocycles. The van der Waals surface area contributed by atoms with E-state index in [2.05, 4.69) is 24.0 Å². The minimum absolute atomic E-state index is 0.358. The van der Waals surface area contributed by atoms with Gasteiger partial charge in [-0.25, -0.2) is 0 Å². The molecule has 2 heterocycles. The number of nitrogens with zero attached hydrogens (tertiary/aromatic N) is 1. The van der Waals surface area contributed by atoms with Gasteiger partial charge in [0.25, 0.3) is 0 Å². The summed E-state index contributed by atoms with van der Waals surface area (Å²) >= 11 is 0. The first kappa shape index (κ1) is 12.9. The molecule has 1 aliphatic heterocycles. The second-order valence-corrected chi connectivity index (χ2v) is 4.92. The number of benzene rings is 1. The van der Waals surface area contributed by atoms with Crippen LogP contribution in [-0.4, -0.2) is 32.6 Å². The topological polar surface area (TPSA) is 42.7 Å². The van der Waals surface area contributed by atoms with Crippen LogP contribution in [0.25, 0.3) is 11.3 Å². The highest BCUT2D eigenvalue weighted by molar-refractivity contribution is 5.74. The van der Waals surface area contributed by atoms with Crippen molar-refractivity contribution in [1.82, 2.24) is 0 Å². The number of carbonyl (C=O) groups is 1. The van der Waals surface area contributed by atoms with E-state index in [4.69, 9.17) is 9.15 Å². The van der Waals surface area contributed by atoms with E-state index < -0.39 is 0 Å². The van der Waals surface area contributed by atoms with Crippen molar-refractivity contribution in [3.63, 3.8) is 0 Å². The summed E-state index contributed by atoms with van der Waals surface area (Å²) in [6.45, 7) is 5.47. The van der Waals surface area contributed by atoms with Crippen molar-refractivity contribution in [2.75, 3.05) is 31.2 Å². The summed E-state index contributed by atoms with van der Waals surface area (Å²) in [7, 11) is 0. The van der Waals surface area contributed by atoms with Crippen molar-refractivity contribution in [2.24, 2.45) is 0 Å². The van der Waals surface area contributed by atoms with Crippen LogP contribution in [0.3, 0.4) is 0 Å². The summed E-state index contributed by atoms with van der Waals surface area (Å²) in [6.07, 6.45) is 0.723. The fraction of sp³-hybridized carbons (Fsp3) is 0.312. The van der Waals surface area contributed by atoms with Gasteiger partial charge in [0.1, 0.15) is 5.76 Å². The lowest BCUT2D eigenvalue weighted by Crippen LogP contribution is -2.36. The van der Waals surface area contributed by atoms with Crippen molar-refractivity contribution >= 4 is 12.0 Å². The normalized spacial score (nSPS) is 15.3. The van der Waals surface area contributed by atoms with Crippen LogP contribution in [0, 0.1) is 6.92 Å². The second-order valence-electron chi connectivity index (χ2n) is 4.92. The molecule has 0 amide bonds. The second kappa shape index (κ2) is 5.51. The minimum Gasteiger partial charge on any atom is -0.453 e. The SMILES string of the molecule is Cc1cc(N2CCOCC2)ccc1-c1ccc(C=O)o1. The largest absolute Gasteiger partial charge is 0.453 e. The highest BCUT2D eigenvalue weighted by Gasteiger charge is 2.13. The maximum atomic E-state index is 10.7. The number of hydrogen-bond acceptors (Lipinski definition) is 4. The predicted molar refractivity (Wildman–Crippen MR) is 77.3 cm³/mol. The molecule has 20 heavy (non-hydrogen) atoms. The van der Waals surface area contributed by atoms with E-state index in [1.54, 1.807) is 6.07 Å². The Hall–Kier alpha value is -2.07. The van der Waals surface area contributed by atoms with Crippen molar-refractivity contribution in [1.29, 1.82) is 0 Å². The third-order valence-corrected chi connectivity index (χ3v) is 3.59. The van der Waals surface area contributed by atoms with Crippen molar-refractivity contribution < 1.29 is 13.9 Å². The lowest BCUT2D eigenvalue weighted by atomic mass is 10.1. The smallest absolute Gasteiger partial charge is 0.185 e. The van der Waals surface area contributed by atoms with Crippen LogP contribution in [0.1, 0.15) is 16.1 Å². The zero-order valence-corrected chi connectivity index (χ0v) is 11.5. The number of carbonyl (C=O) groups excluding carboxylic acids is 1. The fourth-order valence-electron chi connectivity index (χ4n) is 2.50. The standard InChI is InChI=1S/C16H17NO3/c1-12-10-13(17-6-8-19-9-7-17)2-4-15(12)16-5-3-14(11-18)20-16/h2-5,10-11H,6-9H2,1H3. The van der Waals surface area contributed by atoms with Gasteiger partial charge >= 0.3 is 0 Å². The third-order valence-electron chi connectivity index (χ3n) is 3.59. The monoisotopic (exact) mass is 271 g/mol. The first-order chi connectivity index (χ1) is 9.78. The molecule has 0 atom stereocenters. The number of rotatable bonds is 3. The van der Waals surface area contributed by atoms with Gasteiger partial charge in [-0.1, -0.05) is 0 Å². The molecule has 104 valence electrons. The number of aldehydes is 1. The molecule has 1 saturated heterocycles. The van der Waals surface area contributed by atoms with Crippen molar-refractivity contribution in [3.8, 4) is 11.3 Å². The third kappa shape index (κ3) is 2.47. The number of anilines is 1. The van der Waals surface area contributed by atoms with Gasteiger partial charge in [0.2, 0.25) is 0 Å². The quantitative estimate of drug-likeness (QED) is 0.805. The Kier molecular flexibility index (Phi) is 3.56. The zero-order valence-electron chi connectivity index (χ0n) is 11.5. The number of furan rings is 1. The molecule has 1 fully saturated rings. The summed E-state index contributed by atoms with van der Waals surface area (Å²) in [5, 5.41) is 0. The molecular weight excluding hydrogens is 254 g/mol. The lowest BCUT2D eigenvalue weighted by molar-refractivity contribution is 0.110. The molecule has 2 aromatic rings. The minimum atomic E-state index is 0.358. The van der Waals surface area contributed by atoms with Crippen LogP contribution < -0.4 is 4.90 Å². The summed E-state index contributed by atoms with van der Waals surface area (Å²) in [4.78, 5) is 13.0. The van der Waals surface area contributed by atoms with E-state index in [0.717, 1.165) is 49.5 Å². The number of aryl methyl sites for hydroxylation is 1. The van der Waals surface area contributed by atoms with Gasteiger partial charge in [0.05, 0.1) is 13.2 Å². The Morgan fingerprint density at radius 3 is 2.60 bits per heavy atom. The highest BCUT2D eigenvalue weighted by Crippen LogP contribution is 2.29. The Morgan fingerprint density at radius 1 is 1.15 bits per heavy atom. The van der Waals surface area contributed by atoms with Gasteiger partial charge in [-0.15, -0.1) is 0 Å². The number of ether oxygens (including phenoxy) is 1. The Balaban J connectivity index is 1.88. The molecule has 4 heteroatoms. The Labute approximate surface area is 118 Å². The predicted octanol–water partition coefficient (Wildman–Crippen LogP) is 2.90. The summed E-state index contributed by atoms with van der Waals surface area (Å²) in [5.74, 6) is 1.09. The van der Waals surface area contributed by atoms with E-state index in [-0.39, 0.29) is 0 Å². The van der Waals surface area contributed by atoms with Crippen LogP contribution in [0.15, 0.2) is 34.7 Å². The van der Waals surface area contributed by atoms with E-state index in [9.17, 15) is 4.79 Å². The summed E-state index contributed by atoms with van der Waals surface area (Å²) in [6, 6.07) is 9.83. The van der Waals surface area contributed by atoms with Gasteiger partial charge in [-0.05, 0) is 42.8 Å². The summed E-state index contributed by atoms with van der Waals surface area (Å²) in [5.41, 5.74) is 3.37. The average Bonchev–Trinajstić information content (AvgIpc) is 2.97. The molecule has 0 saturated carbocycles. The molecular formula is C16H17NO3. The average molecular weight is 271 g/mol. The van der Waals surface area contributed by atoms with Gasteiger partial charge < -0.3 is 14.1 Å². The molecule has 0 radical (unpaired) electrons. The van der Waals surface area contributed by atoms with E-state index in [0.29, 0.717) is 5.76 Å². The molecule has 1 aliphatic rings. The van der Waals surface area contributed by atoms with Crippen molar-refractivity contribution in [3.05, 3.63) is 41.7 Å². The van der Waals surface area contributed by atoms with Crippen LogP contribution >= 0.6 is 0 Å². The van der Waals surface area contributed by atoms with Crippen LogP contribution in [-0.2, 0) is 4.74 Å². The molecule has 0 bridgehead atoms. The molecule has 0 aliphatic carbocycles. The van der Waals surface area contributed by atoms with Gasteiger partial charge in [-0.3, -0.25) is 4.79 Å². The van der Waals surface area contributed by atoms with Crippen molar-refractivity contribution in [2.45, 2.75) is 6.92 Å². The molecule has 4 nitrogen and oxygen atoms in total. The van der Waals surface area contributed by atoms with Gasteiger partial charge in [-0.2, -0.15) is 0 Å². The Bertz CT molecular complexity index is 612. The lowest BCUT2D eigenvalue weighted by Gasteiger charge is -2.29. The molecule has 3 rings (SSSR count). The molecule has 0 unspecified atom stereocenters. The Morgan fingerprint density at radius 2 is 1.95 bits per heavy atom. The zero-order chi connectivity index (χ0) is 13.9. The maximum Gasteiger partial charge on any atom is 0.185 e. The first-order valence-electron chi connectivity index (χ1n) is 6.76. The highest BCUT2D eigenvalue weighted by atomic mass is 16.5. The van der Waals surface area contributed by atoms with Gasteiger partial charge in [0, 0.05) is 24.3 Å². The number of morpholine rings is 1. The van der Waals surface area contributed by atoms with E-state index in [1.807, 2.05) is 12.1 Å². The van der Waals surface area contributed by atoms with Crippen LogP contribution in [0.5, 0.6) is 0 Å². The molecule has 0 spiro atoms. The van der Waals surface area contributed by atoms with E-state index >= 15 is 0 Å². The summed E-state index contributed by atoms with van der Waals surface area (Å²) < 4.78 is 10.9. The van der Waals surface area contributed by atoms with Crippen LogP contribution in [0.4, 0.5) is 5.69 Å².